The summed E-state index contributed by atoms with van der Waals surface area (Å²) in [4.78, 5) is 4.10. The zero-order chi connectivity index (χ0) is 11.7. The van der Waals surface area contributed by atoms with E-state index in [1.165, 1.54) is 30.7 Å². The average Bonchev–Trinajstić information content (AvgIpc) is 3.02. The van der Waals surface area contributed by atoms with Crippen molar-refractivity contribution in [2.75, 3.05) is 13.1 Å². The average molecular weight is 246 g/mol. The van der Waals surface area contributed by atoms with E-state index in [2.05, 4.69) is 28.2 Å². The molecule has 2 nitrogen and oxygen atoms in total. The highest BCUT2D eigenvalue weighted by molar-refractivity contribution is 7.10. The van der Waals surface area contributed by atoms with Crippen LogP contribution in [-0.2, 0) is 6.54 Å². The van der Waals surface area contributed by atoms with Gasteiger partial charge in [-0.15, -0.1) is 11.3 Å². The molecule has 1 saturated heterocycles. The van der Waals surface area contributed by atoms with E-state index < -0.39 is 0 Å². The third-order valence-electron chi connectivity index (χ3n) is 3.87. The van der Waals surface area contributed by atoms with E-state index in [1.807, 2.05) is 11.3 Å². The van der Waals surface area contributed by atoms with Crippen LogP contribution in [0.3, 0.4) is 0 Å². The van der Waals surface area contributed by atoms with Crippen LogP contribution in [-0.4, -0.2) is 24.0 Å². The lowest BCUT2D eigenvalue weighted by Gasteiger charge is -2.25. The number of likely N-dealkylation sites (tertiary alicyclic amines) is 1. The summed E-state index contributed by atoms with van der Waals surface area (Å²) in [6.07, 6.45) is 4.31. The normalized spacial score (nSPS) is 27.1. The summed E-state index contributed by atoms with van der Waals surface area (Å²) in [5.74, 6) is 6.99. The number of piperidine rings is 1. The molecule has 0 spiro atoms. The second kappa shape index (κ2) is 4.81. The highest BCUT2D eigenvalue weighted by atomic mass is 32.1. The summed E-state index contributed by atoms with van der Waals surface area (Å²) in [6.45, 7) is 2.88. The summed E-state index contributed by atoms with van der Waals surface area (Å²) in [5, 5.41) is 2.15. The first-order chi connectivity index (χ1) is 8.35. The van der Waals surface area contributed by atoms with E-state index >= 15 is 0 Å². The van der Waals surface area contributed by atoms with Crippen molar-refractivity contribution < 1.29 is 0 Å². The van der Waals surface area contributed by atoms with Crippen molar-refractivity contribution in [3.8, 4) is 11.8 Å². The summed E-state index contributed by atoms with van der Waals surface area (Å²) in [7, 11) is 0. The van der Waals surface area contributed by atoms with E-state index in [0.717, 1.165) is 24.1 Å². The molecule has 1 aliphatic heterocycles. The predicted octanol–water partition coefficient (Wildman–Crippen LogP) is 2.04. The van der Waals surface area contributed by atoms with Gasteiger partial charge in [0.25, 0.3) is 0 Å². The monoisotopic (exact) mass is 246 g/mol. The Hall–Kier alpha value is -0.820. The van der Waals surface area contributed by atoms with Crippen LogP contribution in [0.25, 0.3) is 0 Å². The van der Waals surface area contributed by atoms with Crippen molar-refractivity contribution in [3.05, 3.63) is 21.9 Å². The number of fused-ring (bicyclic) bond motifs is 2. The molecule has 0 radical (unpaired) electrons. The molecule has 2 N–H and O–H groups in total. The lowest BCUT2D eigenvalue weighted by molar-refractivity contribution is 0.207. The number of nitrogens with zero attached hydrogens (tertiary/aromatic N) is 1. The molecule has 0 amide bonds. The molecule has 2 unspecified atom stereocenters. The molecule has 2 atom stereocenters. The van der Waals surface area contributed by atoms with Crippen LogP contribution < -0.4 is 5.73 Å². The molecule has 2 heterocycles. The van der Waals surface area contributed by atoms with Gasteiger partial charge in [0.05, 0.1) is 6.54 Å². The quantitative estimate of drug-likeness (QED) is 0.809. The molecule has 1 saturated carbocycles. The Morgan fingerprint density at radius 3 is 3.12 bits per heavy atom. The van der Waals surface area contributed by atoms with Gasteiger partial charge >= 0.3 is 0 Å². The fourth-order valence-electron chi connectivity index (χ4n) is 3.10. The van der Waals surface area contributed by atoms with Gasteiger partial charge in [-0.3, -0.25) is 4.90 Å². The topological polar surface area (TPSA) is 29.3 Å². The van der Waals surface area contributed by atoms with Gasteiger partial charge in [-0.05, 0) is 31.2 Å². The molecule has 3 heteroatoms. The van der Waals surface area contributed by atoms with Gasteiger partial charge < -0.3 is 5.73 Å². The minimum atomic E-state index is 0.445. The number of rotatable bonds is 2. The zero-order valence-electron chi connectivity index (χ0n) is 9.98. The molecule has 2 aliphatic rings. The Bertz CT molecular complexity index is 454. The SMILES string of the molecule is NCC#Cc1csc(CN2CC3CCC2C3)c1. The van der Waals surface area contributed by atoms with E-state index in [0.29, 0.717) is 6.54 Å². The fraction of sp³-hybridized carbons (Fsp3) is 0.571. The van der Waals surface area contributed by atoms with E-state index in [9.17, 15) is 0 Å². The molecule has 3 rings (SSSR count). The minimum Gasteiger partial charge on any atom is -0.320 e. The molecular weight excluding hydrogens is 228 g/mol. The molecule has 1 aliphatic carbocycles. The molecule has 0 aromatic carbocycles. The predicted molar refractivity (Wildman–Crippen MR) is 71.8 cm³/mol. The zero-order valence-corrected chi connectivity index (χ0v) is 10.8. The maximum Gasteiger partial charge on any atom is 0.0555 e. The number of hydrogen-bond donors (Lipinski definition) is 1. The van der Waals surface area contributed by atoms with Crippen molar-refractivity contribution in [2.45, 2.75) is 31.8 Å². The number of hydrogen-bond acceptors (Lipinski definition) is 3. The summed E-state index contributed by atoms with van der Waals surface area (Å²) in [6, 6.07) is 3.08. The van der Waals surface area contributed by atoms with Crippen molar-refractivity contribution in [1.29, 1.82) is 0 Å². The van der Waals surface area contributed by atoms with Crippen LogP contribution in [0.2, 0.25) is 0 Å². The number of nitrogens with two attached hydrogens (primary N) is 1. The van der Waals surface area contributed by atoms with E-state index in [1.54, 1.807) is 0 Å². The first-order valence-electron chi connectivity index (χ1n) is 6.35. The van der Waals surface area contributed by atoms with E-state index in [-0.39, 0.29) is 0 Å². The van der Waals surface area contributed by atoms with Gasteiger partial charge in [0.1, 0.15) is 0 Å². The van der Waals surface area contributed by atoms with E-state index in [4.69, 9.17) is 5.73 Å². The van der Waals surface area contributed by atoms with Crippen LogP contribution in [0.15, 0.2) is 11.4 Å². The van der Waals surface area contributed by atoms with Gasteiger partial charge in [-0.1, -0.05) is 11.8 Å². The Morgan fingerprint density at radius 2 is 2.41 bits per heavy atom. The smallest absolute Gasteiger partial charge is 0.0555 e. The lowest BCUT2D eigenvalue weighted by Crippen LogP contribution is -2.31. The lowest BCUT2D eigenvalue weighted by atomic mass is 10.1. The Morgan fingerprint density at radius 1 is 1.47 bits per heavy atom. The Kier molecular flexibility index (Phi) is 3.19. The highest BCUT2D eigenvalue weighted by Crippen LogP contribution is 2.38. The molecule has 17 heavy (non-hydrogen) atoms. The van der Waals surface area contributed by atoms with Crippen molar-refractivity contribution in [2.24, 2.45) is 11.7 Å². The second-order valence-electron chi connectivity index (χ2n) is 5.07. The molecule has 1 aromatic rings. The minimum absolute atomic E-state index is 0.445. The van der Waals surface area contributed by atoms with Crippen LogP contribution in [0.1, 0.15) is 29.7 Å². The summed E-state index contributed by atoms with van der Waals surface area (Å²) < 4.78 is 0. The second-order valence-corrected chi connectivity index (χ2v) is 6.07. The van der Waals surface area contributed by atoms with Crippen LogP contribution >= 0.6 is 11.3 Å². The molecule has 2 bridgehead atoms. The van der Waals surface area contributed by atoms with Crippen molar-refractivity contribution >= 4 is 11.3 Å². The Labute approximate surface area is 107 Å². The first kappa shape index (κ1) is 11.3. The third-order valence-corrected chi connectivity index (χ3v) is 4.79. The van der Waals surface area contributed by atoms with Crippen LogP contribution in [0.5, 0.6) is 0 Å². The summed E-state index contributed by atoms with van der Waals surface area (Å²) >= 11 is 1.83. The molecular formula is C14H18N2S. The van der Waals surface area contributed by atoms with Gasteiger partial charge in [0, 0.05) is 35.0 Å². The van der Waals surface area contributed by atoms with Crippen molar-refractivity contribution in [3.63, 3.8) is 0 Å². The van der Waals surface area contributed by atoms with Crippen LogP contribution in [0, 0.1) is 17.8 Å². The molecule has 2 fully saturated rings. The Balaban J connectivity index is 1.63. The van der Waals surface area contributed by atoms with Gasteiger partial charge in [-0.25, -0.2) is 0 Å². The van der Waals surface area contributed by atoms with Gasteiger partial charge in [0.15, 0.2) is 0 Å². The third kappa shape index (κ3) is 2.40. The molecule has 1 aromatic heterocycles. The van der Waals surface area contributed by atoms with Crippen LogP contribution in [0.4, 0.5) is 0 Å². The largest absolute Gasteiger partial charge is 0.320 e. The number of thiophene rings is 1. The fourth-order valence-corrected chi connectivity index (χ4v) is 3.94. The summed E-state index contributed by atoms with van der Waals surface area (Å²) in [5.41, 5.74) is 6.50. The standard InChI is InChI=1S/C14H18N2S/c15-5-1-2-12-7-14(17-10-12)9-16-8-11-3-4-13(16)6-11/h7,10-11,13H,3-6,8-9,15H2. The maximum atomic E-state index is 5.38. The first-order valence-corrected chi connectivity index (χ1v) is 7.23. The maximum absolute atomic E-state index is 5.38. The van der Waals surface area contributed by atoms with Gasteiger partial charge in [0.2, 0.25) is 0 Å². The van der Waals surface area contributed by atoms with Gasteiger partial charge in [-0.2, -0.15) is 0 Å². The van der Waals surface area contributed by atoms with Crippen molar-refractivity contribution in [1.82, 2.24) is 4.90 Å². The highest BCUT2D eigenvalue weighted by Gasteiger charge is 2.37. The molecule has 90 valence electrons.